The highest BCUT2D eigenvalue weighted by molar-refractivity contribution is 14.1. The average Bonchev–Trinajstić information content (AvgIpc) is 2.47. The lowest BCUT2D eigenvalue weighted by molar-refractivity contribution is -0.384. The van der Waals surface area contributed by atoms with Crippen molar-refractivity contribution in [1.82, 2.24) is 4.90 Å². The van der Waals surface area contributed by atoms with Crippen LogP contribution in [-0.4, -0.2) is 40.0 Å². The van der Waals surface area contributed by atoms with Crippen molar-refractivity contribution < 1.29 is 14.8 Å². The molecule has 1 heterocycles. The zero-order chi connectivity index (χ0) is 15.4. The van der Waals surface area contributed by atoms with E-state index in [0.29, 0.717) is 22.1 Å². The number of hydrogen-bond acceptors (Lipinski definition) is 4. The van der Waals surface area contributed by atoms with Crippen molar-refractivity contribution in [3.8, 4) is 0 Å². The molecule has 1 aliphatic rings. The summed E-state index contributed by atoms with van der Waals surface area (Å²) in [6, 6.07) is 4.36. The highest BCUT2D eigenvalue weighted by atomic mass is 127. The van der Waals surface area contributed by atoms with Gasteiger partial charge in [0.05, 0.1) is 10.5 Å². The summed E-state index contributed by atoms with van der Waals surface area (Å²) in [6.45, 7) is 0.683. The number of hydrogen-bond donors (Lipinski definition) is 1. The van der Waals surface area contributed by atoms with Crippen molar-refractivity contribution in [3.05, 3.63) is 37.4 Å². The third kappa shape index (κ3) is 3.70. The molecular weight excluding hydrogens is 387 g/mol. The summed E-state index contributed by atoms with van der Waals surface area (Å²) in [7, 11) is 0. The quantitative estimate of drug-likeness (QED) is 0.475. The predicted molar refractivity (Wildman–Crippen MR) is 86.2 cm³/mol. The Labute approximate surface area is 136 Å². The molecule has 6 nitrogen and oxygen atoms in total. The molecule has 2 rings (SSSR count). The maximum absolute atomic E-state index is 12.7. The zero-order valence-electron chi connectivity index (χ0n) is 11.5. The Hall–Kier alpha value is -1.22. The van der Waals surface area contributed by atoms with Crippen LogP contribution >= 0.6 is 22.6 Å². The maximum atomic E-state index is 12.7. The van der Waals surface area contributed by atoms with Crippen LogP contribution in [-0.2, 0) is 0 Å². The van der Waals surface area contributed by atoms with E-state index in [1.165, 1.54) is 12.1 Å². The number of likely N-dealkylation sites (tertiary alicyclic amines) is 1. The zero-order valence-corrected chi connectivity index (χ0v) is 13.7. The number of halogens is 1. The van der Waals surface area contributed by atoms with Gasteiger partial charge in [-0.2, -0.15) is 0 Å². The second-order valence-corrected chi connectivity index (χ2v) is 6.24. The van der Waals surface area contributed by atoms with E-state index >= 15 is 0 Å². The molecule has 1 aliphatic heterocycles. The molecule has 1 aromatic carbocycles. The third-order valence-electron chi connectivity index (χ3n) is 3.74. The number of piperidine rings is 1. The molecular formula is C14H17IN2O4. The van der Waals surface area contributed by atoms with Crippen molar-refractivity contribution in [1.29, 1.82) is 0 Å². The first-order chi connectivity index (χ1) is 10.0. The van der Waals surface area contributed by atoms with Gasteiger partial charge in [-0.15, -0.1) is 0 Å². The first kappa shape index (κ1) is 16.2. The van der Waals surface area contributed by atoms with Crippen molar-refractivity contribution in [2.45, 2.75) is 31.7 Å². The van der Waals surface area contributed by atoms with Gasteiger partial charge in [0.1, 0.15) is 0 Å². The van der Waals surface area contributed by atoms with Gasteiger partial charge in [-0.1, -0.05) is 0 Å². The fraction of sp³-hybridized carbons (Fsp3) is 0.500. The SMILES string of the molecule is O=C(c1cc([N+](=O)[O-])ccc1I)N1CCCCC1CCO. The number of benzene rings is 1. The van der Waals surface area contributed by atoms with Crippen LogP contribution < -0.4 is 0 Å². The van der Waals surface area contributed by atoms with Gasteiger partial charge in [0.2, 0.25) is 0 Å². The lowest BCUT2D eigenvalue weighted by atomic mass is 9.98. The van der Waals surface area contributed by atoms with E-state index in [0.717, 1.165) is 19.3 Å². The van der Waals surface area contributed by atoms with Gasteiger partial charge in [-0.25, -0.2) is 0 Å². The molecule has 1 aromatic rings. The van der Waals surface area contributed by atoms with Crippen LogP contribution in [0.3, 0.4) is 0 Å². The molecule has 21 heavy (non-hydrogen) atoms. The van der Waals surface area contributed by atoms with Gasteiger partial charge in [0.15, 0.2) is 0 Å². The van der Waals surface area contributed by atoms with Crippen LogP contribution in [0.1, 0.15) is 36.0 Å². The molecule has 0 saturated carbocycles. The number of amides is 1. The smallest absolute Gasteiger partial charge is 0.270 e. The fourth-order valence-corrected chi connectivity index (χ4v) is 3.23. The monoisotopic (exact) mass is 404 g/mol. The molecule has 0 bridgehead atoms. The van der Waals surface area contributed by atoms with E-state index < -0.39 is 4.92 Å². The Balaban J connectivity index is 2.29. The number of aliphatic hydroxyl groups excluding tert-OH is 1. The van der Waals surface area contributed by atoms with Crippen molar-refractivity contribution >= 4 is 34.2 Å². The Morgan fingerprint density at radius 3 is 2.90 bits per heavy atom. The number of rotatable bonds is 4. The highest BCUT2D eigenvalue weighted by Crippen LogP contribution is 2.26. The van der Waals surface area contributed by atoms with Crippen LogP contribution in [0, 0.1) is 13.7 Å². The van der Waals surface area contributed by atoms with Gasteiger partial charge in [0.25, 0.3) is 11.6 Å². The molecule has 1 atom stereocenters. The Morgan fingerprint density at radius 2 is 2.24 bits per heavy atom. The van der Waals surface area contributed by atoms with Crippen molar-refractivity contribution in [2.24, 2.45) is 0 Å². The molecule has 1 N–H and O–H groups in total. The molecule has 0 radical (unpaired) electrons. The number of carbonyl (C=O) groups excluding carboxylic acids is 1. The Kier molecular flexibility index (Phi) is 5.51. The normalized spacial score (nSPS) is 18.6. The van der Waals surface area contributed by atoms with E-state index in [1.54, 1.807) is 11.0 Å². The summed E-state index contributed by atoms with van der Waals surface area (Å²) in [5, 5.41) is 20.0. The van der Waals surface area contributed by atoms with Gasteiger partial charge >= 0.3 is 0 Å². The summed E-state index contributed by atoms with van der Waals surface area (Å²) in [5.41, 5.74) is 0.295. The van der Waals surface area contributed by atoms with E-state index in [9.17, 15) is 14.9 Å². The maximum Gasteiger partial charge on any atom is 0.270 e. The molecule has 114 valence electrons. The molecule has 0 spiro atoms. The number of aliphatic hydroxyl groups is 1. The Morgan fingerprint density at radius 1 is 1.48 bits per heavy atom. The van der Waals surface area contributed by atoms with Gasteiger partial charge in [0, 0.05) is 34.9 Å². The molecule has 0 aromatic heterocycles. The summed E-state index contributed by atoms with van der Waals surface area (Å²) < 4.78 is 0.705. The van der Waals surface area contributed by atoms with Crippen LogP contribution in [0.2, 0.25) is 0 Å². The van der Waals surface area contributed by atoms with Crippen molar-refractivity contribution in [2.75, 3.05) is 13.2 Å². The molecule has 1 fully saturated rings. The minimum absolute atomic E-state index is 0.0197. The fourth-order valence-electron chi connectivity index (χ4n) is 2.66. The molecule has 1 saturated heterocycles. The van der Waals surface area contributed by atoms with E-state index in [-0.39, 0.29) is 24.2 Å². The molecule has 0 aliphatic carbocycles. The van der Waals surface area contributed by atoms with Gasteiger partial charge in [-0.3, -0.25) is 14.9 Å². The van der Waals surface area contributed by atoms with Crippen molar-refractivity contribution in [3.63, 3.8) is 0 Å². The standard InChI is InChI=1S/C14H17IN2O4/c15-13-5-4-11(17(20)21)9-12(13)14(19)16-7-2-1-3-10(16)6-8-18/h4-5,9-10,18H,1-3,6-8H2. The average molecular weight is 404 g/mol. The number of nitro benzene ring substituents is 1. The molecule has 1 unspecified atom stereocenters. The number of non-ortho nitro benzene ring substituents is 1. The van der Waals surface area contributed by atoms with Crippen LogP contribution in [0.25, 0.3) is 0 Å². The number of carbonyl (C=O) groups is 1. The second-order valence-electron chi connectivity index (χ2n) is 5.08. The van der Waals surface area contributed by atoms with Gasteiger partial charge in [-0.05, 0) is 54.3 Å². The minimum atomic E-state index is -0.492. The first-order valence-corrected chi connectivity index (χ1v) is 7.98. The topological polar surface area (TPSA) is 83.7 Å². The predicted octanol–water partition coefficient (Wildman–Crippen LogP) is 2.58. The summed E-state index contributed by atoms with van der Waals surface area (Å²) in [4.78, 5) is 24.8. The third-order valence-corrected chi connectivity index (χ3v) is 4.68. The van der Waals surface area contributed by atoms with E-state index in [1.807, 2.05) is 22.6 Å². The first-order valence-electron chi connectivity index (χ1n) is 6.90. The van der Waals surface area contributed by atoms with Crippen LogP contribution in [0.4, 0.5) is 5.69 Å². The molecule has 7 heteroatoms. The van der Waals surface area contributed by atoms with Crippen LogP contribution in [0.15, 0.2) is 18.2 Å². The van der Waals surface area contributed by atoms with E-state index in [2.05, 4.69) is 0 Å². The largest absolute Gasteiger partial charge is 0.396 e. The Bertz CT molecular complexity index is 548. The summed E-state index contributed by atoms with van der Waals surface area (Å²) in [6.07, 6.45) is 3.40. The lowest BCUT2D eigenvalue weighted by Gasteiger charge is -2.35. The van der Waals surface area contributed by atoms with Crippen LogP contribution in [0.5, 0.6) is 0 Å². The second kappa shape index (κ2) is 7.17. The van der Waals surface area contributed by atoms with Gasteiger partial charge < -0.3 is 10.0 Å². The molecule has 1 amide bonds. The minimum Gasteiger partial charge on any atom is -0.396 e. The number of nitrogens with zero attached hydrogens (tertiary/aromatic N) is 2. The summed E-state index contributed by atoms with van der Waals surface area (Å²) in [5.74, 6) is -0.179. The number of nitro groups is 1. The van der Waals surface area contributed by atoms with E-state index in [4.69, 9.17) is 5.11 Å². The summed E-state index contributed by atoms with van der Waals surface area (Å²) >= 11 is 2.02. The highest BCUT2D eigenvalue weighted by Gasteiger charge is 2.28. The lowest BCUT2D eigenvalue weighted by Crippen LogP contribution is -2.44.